The third-order valence-corrected chi connectivity index (χ3v) is 5.41. The predicted octanol–water partition coefficient (Wildman–Crippen LogP) is 3.55. The van der Waals surface area contributed by atoms with E-state index in [1.165, 1.54) is 37.3 Å². The number of carbonyl (C=O) groups is 1. The van der Waals surface area contributed by atoms with E-state index in [2.05, 4.69) is 46.3 Å². The van der Waals surface area contributed by atoms with Gasteiger partial charge in [0.2, 0.25) is 0 Å². The fourth-order valence-electron chi connectivity index (χ4n) is 3.71. The van der Waals surface area contributed by atoms with Crippen LogP contribution in [0.3, 0.4) is 0 Å². The molecule has 2 heterocycles. The summed E-state index contributed by atoms with van der Waals surface area (Å²) in [6.45, 7) is 14.1. The summed E-state index contributed by atoms with van der Waals surface area (Å²) in [5.41, 5.74) is 2.41. The number of hydrogen-bond donors (Lipinski definition) is 1. The second-order valence-electron chi connectivity index (χ2n) is 8.84. The highest BCUT2D eigenvalue weighted by Crippen LogP contribution is 2.26. The van der Waals surface area contributed by atoms with Crippen LogP contribution in [-0.4, -0.2) is 55.7 Å². The van der Waals surface area contributed by atoms with Gasteiger partial charge in [0.05, 0.1) is 0 Å². The third kappa shape index (κ3) is 4.83. The standard InChI is InChI=1S/C21H34N4O/c1-17-9-11-23(12-10-17)18-5-7-19(8-6-18)24-13-15-25(16-14-24)20(26)22-21(2,3)4/h5-8,17H,9-16H2,1-4H3,(H,22,26). The molecule has 2 amide bonds. The molecule has 0 bridgehead atoms. The molecule has 26 heavy (non-hydrogen) atoms. The van der Waals surface area contributed by atoms with Gasteiger partial charge in [0.1, 0.15) is 0 Å². The first kappa shape index (κ1) is 18.9. The quantitative estimate of drug-likeness (QED) is 0.879. The van der Waals surface area contributed by atoms with Gasteiger partial charge in [-0.2, -0.15) is 0 Å². The summed E-state index contributed by atoms with van der Waals surface area (Å²) in [5.74, 6) is 0.859. The van der Waals surface area contributed by atoms with Crippen LogP contribution in [0.5, 0.6) is 0 Å². The zero-order valence-electron chi connectivity index (χ0n) is 16.8. The first-order valence-electron chi connectivity index (χ1n) is 9.99. The minimum atomic E-state index is -0.184. The third-order valence-electron chi connectivity index (χ3n) is 5.41. The fraction of sp³-hybridized carbons (Fsp3) is 0.667. The Morgan fingerprint density at radius 1 is 0.885 bits per heavy atom. The Balaban J connectivity index is 1.52. The van der Waals surface area contributed by atoms with Gasteiger partial charge >= 0.3 is 6.03 Å². The number of nitrogens with zero attached hydrogens (tertiary/aromatic N) is 3. The second kappa shape index (κ2) is 7.77. The molecule has 0 saturated carbocycles. The normalized spacial score (nSPS) is 19.6. The van der Waals surface area contributed by atoms with E-state index in [0.717, 1.165) is 32.1 Å². The number of benzene rings is 1. The van der Waals surface area contributed by atoms with E-state index < -0.39 is 0 Å². The Morgan fingerprint density at radius 3 is 1.81 bits per heavy atom. The molecule has 2 fully saturated rings. The topological polar surface area (TPSA) is 38.8 Å². The summed E-state index contributed by atoms with van der Waals surface area (Å²) in [5, 5.41) is 3.05. The van der Waals surface area contributed by atoms with Crippen LogP contribution < -0.4 is 15.1 Å². The molecule has 1 aromatic rings. The molecule has 2 aliphatic rings. The van der Waals surface area contributed by atoms with Crippen LogP contribution in [0.1, 0.15) is 40.5 Å². The first-order valence-corrected chi connectivity index (χ1v) is 9.99. The highest BCUT2D eigenvalue weighted by Gasteiger charge is 2.24. The fourth-order valence-corrected chi connectivity index (χ4v) is 3.71. The van der Waals surface area contributed by atoms with Gasteiger partial charge in [0, 0.05) is 56.2 Å². The zero-order chi connectivity index (χ0) is 18.7. The Labute approximate surface area is 158 Å². The summed E-state index contributed by atoms with van der Waals surface area (Å²) in [4.78, 5) is 19.1. The summed E-state index contributed by atoms with van der Waals surface area (Å²) in [7, 11) is 0. The van der Waals surface area contributed by atoms with Crippen LogP contribution in [0.4, 0.5) is 16.2 Å². The van der Waals surface area contributed by atoms with Crippen molar-refractivity contribution < 1.29 is 4.79 Å². The highest BCUT2D eigenvalue weighted by molar-refractivity contribution is 5.75. The molecule has 1 N–H and O–H groups in total. The molecule has 2 aliphatic heterocycles. The molecule has 0 aromatic heterocycles. The van der Waals surface area contributed by atoms with Gasteiger partial charge < -0.3 is 20.0 Å². The molecule has 0 radical (unpaired) electrons. The molecule has 1 aromatic carbocycles. The van der Waals surface area contributed by atoms with E-state index in [4.69, 9.17) is 0 Å². The number of carbonyl (C=O) groups excluding carboxylic acids is 1. The van der Waals surface area contributed by atoms with Crippen LogP contribution in [0.25, 0.3) is 0 Å². The molecule has 0 spiro atoms. The number of urea groups is 1. The maximum absolute atomic E-state index is 12.3. The maximum atomic E-state index is 12.3. The Hall–Kier alpha value is -1.91. The zero-order valence-corrected chi connectivity index (χ0v) is 16.8. The van der Waals surface area contributed by atoms with Crippen molar-refractivity contribution in [1.29, 1.82) is 0 Å². The van der Waals surface area contributed by atoms with Crippen molar-refractivity contribution in [3.8, 4) is 0 Å². The van der Waals surface area contributed by atoms with Gasteiger partial charge in [-0.05, 0) is 63.8 Å². The SMILES string of the molecule is CC1CCN(c2ccc(N3CCN(C(=O)NC(C)(C)C)CC3)cc2)CC1. The van der Waals surface area contributed by atoms with E-state index in [1.54, 1.807) is 0 Å². The summed E-state index contributed by atoms with van der Waals surface area (Å²) in [6.07, 6.45) is 2.58. The number of piperidine rings is 1. The van der Waals surface area contributed by atoms with Crippen molar-refractivity contribution in [2.75, 3.05) is 49.1 Å². The van der Waals surface area contributed by atoms with Crippen LogP contribution >= 0.6 is 0 Å². The van der Waals surface area contributed by atoms with E-state index in [9.17, 15) is 4.79 Å². The van der Waals surface area contributed by atoms with Gasteiger partial charge in [-0.15, -0.1) is 0 Å². The van der Waals surface area contributed by atoms with Crippen molar-refractivity contribution in [3.63, 3.8) is 0 Å². The number of amides is 2. The molecule has 0 aliphatic carbocycles. The molecule has 0 atom stereocenters. The Kier molecular flexibility index (Phi) is 5.64. The minimum absolute atomic E-state index is 0.0480. The van der Waals surface area contributed by atoms with Crippen molar-refractivity contribution in [2.24, 2.45) is 5.92 Å². The van der Waals surface area contributed by atoms with Crippen LogP contribution in [-0.2, 0) is 0 Å². The van der Waals surface area contributed by atoms with E-state index in [0.29, 0.717) is 0 Å². The smallest absolute Gasteiger partial charge is 0.317 e. The molecule has 5 nitrogen and oxygen atoms in total. The first-order chi connectivity index (χ1) is 12.3. The Morgan fingerprint density at radius 2 is 1.35 bits per heavy atom. The van der Waals surface area contributed by atoms with Gasteiger partial charge in [-0.1, -0.05) is 6.92 Å². The molecule has 0 unspecified atom stereocenters. The van der Waals surface area contributed by atoms with E-state index in [1.807, 2.05) is 25.7 Å². The number of piperazine rings is 1. The van der Waals surface area contributed by atoms with Gasteiger partial charge in [0.25, 0.3) is 0 Å². The average molecular weight is 359 g/mol. The van der Waals surface area contributed by atoms with E-state index in [-0.39, 0.29) is 11.6 Å². The van der Waals surface area contributed by atoms with Crippen molar-refractivity contribution >= 4 is 17.4 Å². The van der Waals surface area contributed by atoms with E-state index >= 15 is 0 Å². The lowest BCUT2D eigenvalue weighted by Gasteiger charge is -2.37. The molecular weight excluding hydrogens is 324 g/mol. The van der Waals surface area contributed by atoms with Crippen molar-refractivity contribution in [3.05, 3.63) is 24.3 Å². The lowest BCUT2D eigenvalue weighted by Crippen LogP contribution is -2.55. The summed E-state index contributed by atoms with van der Waals surface area (Å²) < 4.78 is 0. The van der Waals surface area contributed by atoms with Gasteiger partial charge in [-0.3, -0.25) is 0 Å². The maximum Gasteiger partial charge on any atom is 0.317 e. The highest BCUT2D eigenvalue weighted by atomic mass is 16.2. The summed E-state index contributed by atoms with van der Waals surface area (Å²) >= 11 is 0. The number of anilines is 2. The van der Waals surface area contributed by atoms with Crippen LogP contribution in [0.15, 0.2) is 24.3 Å². The lowest BCUT2D eigenvalue weighted by molar-refractivity contribution is 0.185. The number of rotatable bonds is 2. The summed E-state index contributed by atoms with van der Waals surface area (Å²) in [6, 6.07) is 9.02. The average Bonchev–Trinajstić information content (AvgIpc) is 2.61. The number of nitrogens with one attached hydrogen (secondary N) is 1. The molecular formula is C21H34N4O. The van der Waals surface area contributed by atoms with Gasteiger partial charge in [0.15, 0.2) is 0 Å². The molecule has 5 heteroatoms. The van der Waals surface area contributed by atoms with Gasteiger partial charge in [-0.25, -0.2) is 4.79 Å². The van der Waals surface area contributed by atoms with Crippen molar-refractivity contribution in [1.82, 2.24) is 10.2 Å². The monoisotopic (exact) mass is 358 g/mol. The van der Waals surface area contributed by atoms with Crippen LogP contribution in [0.2, 0.25) is 0 Å². The second-order valence-corrected chi connectivity index (χ2v) is 8.84. The van der Waals surface area contributed by atoms with Crippen LogP contribution in [0, 0.1) is 5.92 Å². The minimum Gasteiger partial charge on any atom is -0.372 e. The lowest BCUT2D eigenvalue weighted by atomic mass is 9.99. The largest absolute Gasteiger partial charge is 0.372 e. The van der Waals surface area contributed by atoms with Crippen molar-refractivity contribution in [2.45, 2.75) is 46.1 Å². The predicted molar refractivity (Wildman–Crippen MR) is 109 cm³/mol. The number of hydrogen-bond acceptors (Lipinski definition) is 3. The molecule has 3 rings (SSSR count). The Bertz CT molecular complexity index is 591. The molecule has 2 saturated heterocycles. The molecule has 144 valence electrons.